The lowest BCUT2D eigenvalue weighted by atomic mass is 10.1. The molecule has 2 rings (SSSR count). The van der Waals surface area contributed by atoms with Crippen LogP contribution in [-0.2, 0) is 16.4 Å². The Morgan fingerprint density at radius 2 is 2.11 bits per heavy atom. The number of hydrogen-bond acceptors (Lipinski definition) is 4. The lowest BCUT2D eigenvalue weighted by Gasteiger charge is -2.01. The van der Waals surface area contributed by atoms with Crippen LogP contribution in [0.2, 0.25) is 0 Å². The average Bonchev–Trinajstić information content (AvgIpc) is 2.85. The van der Waals surface area contributed by atoms with E-state index in [0.29, 0.717) is 12.2 Å². The summed E-state index contributed by atoms with van der Waals surface area (Å²) < 4.78 is 24.5. The van der Waals surface area contributed by atoms with Crippen molar-refractivity contribution in [2.45, 2.75) is 13.5 Å². The standard InChI is InChI=1S/C13H17N3O2S/c1-2-19(17,18)7-6-16-10-12(9-15-16)11-4-3-5-13(14)8-11/h3-5,8-10H,2,6-7,14H2,1H3. The summed E-state index contributed by atoms with van der Waals surface area (Å²) in [6.45, 7) is 2.02. The van der Waals surface area contributed by atoms with Crippen LogP contribution in [0, 0.1) is 0 Å². The summed E-state index contributed by atoms with van der Waals surface area (Å²) in [5.41, 5.74) is 8.33. The van der Waals surface area contributed by atoms with Crippen LogP contribution in [0.4, 0.5) is 5.69 Å². The van der Waals surface area contributed by atoms with Gasteiger partial charge in [-0.25, -0.2) is 8.42 Å². The second kappa shape index (κ2) is 5.44. The third-order valence-electron chi connectivity index (χ3n) is 2.92. The molecule has 1 heterocycles. The van der Waals surface area contributed by atoms with Gasteiger partial charge in [0.25, 0.3) is 0 Å². The highest BCUT2D eigenvalue weighted by atomic mass is 32.2. The van der Waals surface area contributed by atoms with E-state index in [2.05, 4.69) is 5.10 Å². The minimum atomic E-state index is -2.96. The Labute approximate surface area is 113 Å². The number of nitrogen functional groups attached to an aromatic ring is 1. The van der Waals surface area contributed by atoms with Gasteiger partial charge in [0.1, 0.15) is 0 Å². The molecule has 6 heteroatoms. The molecular formula is C13H17N3O2S. The predicted octanol–water partition coefficient (Wildman–Crippen LogP) is 1.57. The van der Waals surface area contributed by atoms with Gasteiger partial charge in [-0.05, 0) is 17.7 Å². The Bertz CT molecular complexity index is 662. The Hall–Kier alpha value is -1.82. The molecule has 0 atom stereocenters. The zero-order valence-corrected chi connectivity index (χ0v) is 11.6. The highest BCUT2D eigenvalue weighted by molar-refractivity contribution is 7.91. The van der Waals surface area contributed by atoms with Crippen molar-refractivity contribution >= 4 is 15.5 Å². The number of nitrogens with zero attached hydrogens (tertiary/aromatic N) is 2. The molecule has 0 aliphatic heterocycles. The summed E-state index contributed by atoms with van der Waals surface area (Å²) in [6, 6.07) is 7.51. The van der Waals surface area contributed by atoms with Crippen LogP contribution < -0.4 is 5.73 Å². The van der Waals surface area contributed by atoms with E-state index in [0.717, 1.165) is 11.1 Å². The van der Waals surface area contributed by atoms with Crippen LogP contribution in [-0.4, -0.2) is 29.7 Å². The summed E-state index contributed by atoms with van der Waals surface area (Å²) in [6.07, 6.45) is 3.55. The largest absolute Gasteiger partial charge is 0.399 e. The monoisotopic (exact) mass is 279 g/mol. The molecule has 0 amide bonds. The maximum absolute atomic E-state index is 11.4. The molecular weight excluding hydrogens is 262 g/mol. The van der Waals surface area contributed by atoms with Crippen LogP contribution >= 0.6 is 0 Å². The number of sulfone groups is 1. The second-order valence-electron chi connectivity index (χ2n) is 4.35. The Kier molecular flexibility index (Phi) is 3.90. The van der Waals surface area contributed by atoms with Gasteiger partial charge >= 0.3 is 0 Å². The molecule has 2 aromatic rings. The van der Waals surface area contributed by atoms with E-state index < -0.39 is 9.84 Å². The minimum Gasteiger partial charge on any atom is -0.399 e. The highest BCUT2D eigenvalue weighted by Crippen LogP contribution is 2.20. The van der Waals surface area contributed by atoms with Gasteiger partial charge in [0.2, 0.25) is 0 Å². The maximum Gasteiger partial charge on any atom is 0.151 e. The third kappa shape index (κ3) is 3.57. The molecule has 19 heavy (non-hydrogen) atoms. The quantitative estimate of drug-likeness (QED) is 0.843. The second-order valence-corrected chi connectivity index (χ2v) is 6.83. The van der Waals surface area contributed by atoms with Crippen molar-refractivity contribution in [3.8, 4) is 11.1 Å². The van der Waals surface area contributed by atoms with Gasteiger partial charge in [-0.15, -0.1) is 0 Å². The molecule has 1 aromatic heterocycles. The molecule has 5 nitrogen and oxygen atoms in total. The fraction of sp³-hybridized carbons (Fsp3) is 0.308. The van der Waals surface area contributed by atoms with Gasteiger partial charge in [-0.1, -0.05) is 19.1 Å². The Morgan fingerprint density at radius 3 is 2.79 bits per heavy atom. The summed E-state index contributed by atoms with van der Waals surface area (Å²) >= 11 is 0. The molecule has 0 aliphatic carbocycles. The normalized spacial score (nSPS) is 11.6. The fourth-order valence-corrected chi connectivity index (χ4v) is 2.48. The number of aryl methyl sites for hydroxylation is 1. The Balaban J connectivity index is 2.12. The summed E-state index contributed by atoms with van der Waals surface area (Å²) in [7, 11) is -2.96. The first-order valence-corrected chi connectivity index (χ1v) is 7.91. The lowest BCUT2D eigenvalue weighted by molar-refractivity contribution is 0.582. The van der Waals surface area contributed by atoms with Crippen molar-refractivity contribution in [2.75, 3.05) is 17.2 Å². The van der Waals surface area contributed by atoms with Crippen molar-refractivity contribution in [1.82, 2.24) is 9.78 Å². The smallest absolute Gasteiger partial charge is 0.151 e. The first-order valence-electron chi connectivity index (χ1n) is 6.09. The number of aromatic nitrogens is 2. The van der Waals surface area contributed by atoms with Crippen molar-refractivity contribution < 1.29 is 8.42 Å². The zero-order valence-electron chi connectivity index (χ0n) is 10.8. The number of anilines is 1. The van der Waals surface area contributed by atoms with Gasteiger partial charge in [-0.3, -0.25) is 4.68 Å². The third-order valence-corrected chi connectivity index (χ3v) is 4.61. The first-order chi connectivity index (χ1) is 9.00. The number of rotatable bonds is 5. The zero-order chi connectivity index (χ0) is 13.9. The van der Waals surface area contributed by atoms with Crippen molar-refractivity contribution in [3.05, 3.63) is 36.7 Å². The lowest BCUT2D eigenvalue weighted by Crippen LogP contribution is -2.14. The van der Waals surface area contributed by atoms with Gasteiger partial charge in [0, 0.05) is 23.2 Å². The topological polar surface area (TPSA) is 78.0 Å². The molecule has 102 valence electrons. The van der Waals surface area contributed by atoms with E-state index in [1.165, 1.54) is 0 Å². The van der Waals surface area contributed by atoms with Crippen molar-refractivity contribution in [1.29, 1.82) is 0 Å². The molecule has 0 radical (unpaired) electrons. The predicted molar refractivity (Wildman–Crippen MR) is 76.4 cm³/mol. The number of hydrogen-bond donors (Lipinski definition) is 1. The molecule has 0 bridgehead atoms. The van der Waals surface area contributed by atoms with Crippen LogP contribution in [0.25, 0.3) is 11.1 Å². The van der Waals surface area contributed by atoms with Crippen LogP contribution in [0.1, 0.15) is 6.92 Å². The molecule has 2 N–H and O–H groups in total. The van der Waals surface area contributed by atoms with E-state index in [1.54, 1.807) is 17.8 Å². The van der Waals surface area contributed by atoms with Gasteiger partial charge < -0.3 is 5.73 Å². The van der Waals surface area contributed by atoms with E-state index in [4.69, 9.17) is 5.73 Å². The molecule has 0 spiro atoms. The van der Waals surface area contributed by atoms with Gasteiger partial charge in [0.15, 0.2) is 9.84 Å². The molecule has 0 saturated heterocycles. The number of nitrogens with two attached hydrogens (primary N) is 1. The molecule has 0 saturated carbocycles. The van der Waals surface area contributed by atoms with E-state index in [1.807, 2.05) is 30.5 Å². The fourth-order valence-electron chi connectivity index (χ4n) is 1.73. The summed E-state index contributed by atoms with van der Waals surface area (Å²) in [5, 5.41) is 4.17. The summed E-state index contributed by atoms with van der Waals surface area (Å²) in [4.78, 5) is 0. The number of benzene rings is 1. The SMILES string of the molecule is CCS(=O)(=O)CCn1cc(-c2cccc(N)c2)cn1. The van der Waals surface area contributed by atoms with Crippen LogP contribution in [0.3, 0.4) is 0 Å². The maximum atomic E-state index is 11.4. The molecule has 0 aliphatic rings. The van der Waals surface area contributed by atoms with E-state index >= 15 is 0 Å². The average molecular weight is 279 g/mol. The molecule has 0 unspecified atom stereocenters. The van der Waals surface area contributed by atoms with Gasteiger partial charge in [-0.2, -0.15) is 5.10 Å². The van der Waals surface area contributed by atoms with Crippen LogP contribution in [0.15, 0.2) is 36.7 Å². The van der Waals surface area contributed by atoms with Crippen molar-refractivity contribution in [3.63, 3.8) is 0 Å². The molecule has 1 aromatic carbocycles. The van der Waals surface area contributed by atoms with Crippen LogP contribution in [0.5, 0.6) is 0 Å². The summed E-state index contributed by atoms with van der Waals surface area (Å²) in [5.74, 6) is 0.276. The van der Waals surface area contributed by atoms with Crippen molar-refractivity contribution in [2.24, 2.45) is 0 Å². The minimum absolute atomic E-state index is 0.113. The van der Waals surface area contributed by atoms with E-state index in [9.17, 15) is 8.42 Å². The molecule has 0 fully saturated rings. The highest BCUT2D eigenvalue weighted by Gasteiger charge is 2.08. The van der Waals surface area contributed by atoms with E-state index in [-0.39, 0.29) is 11.5 Å². The Morgan fingerprint density at radius 1 is 1.32 bits per heavy atom. The first kappa shape index (κ1) is 13.6. The van der Waals surface area contributed by atoms with Gasteiger partial charge in [0.05, 0.1) is 18.5 Å².